The molecule has 120 valence electrons. The van der Waals surface area contributed by atoms with Crippen LogP contribution in [0.25, 0.3) is 0 Å². The lowest BCUT2D eigenvalue weighted by atomic mass is 10.1. The number of nitrogens with one attached hydrogen (secondary N) is 2. The highest BCUT2D eigenvalue weighted by atomic mass is 19.1. The van der Waals surface area contributed by atoms with E-state index in [9.17, 15) is 9.18 Å². The fourth-order valence-corrected chi connectivity index (χ4v) is 2.54. The number of nitrogens with zero attached hydrogens (tertiary/aromatic N) is 2. The average molecular weight is 314 g/mol. The van der Waals surface area contributed by atoms with E-state index < -0.39 is 0 Å². The van der Waals surface area contributed by atoms with Gasteiger partial charge < -0.3 is 15.5 Å². The second-order valence-corrected chi connectivity index (χ2v) is 5.56. The molecule has 2 aromatic rings. The Morgan fingerprint density at radius 2 is 2.04 bits per heavy atom. The Hall–Kier alpha value is -2.47. The van der Waals surface area contributed by atoms with E-state index in [-0.39, 0.29) is 11.7 Å². The summed E-state index contributed by atoms with van der Waals surface area (Å²) >= 11 is 0. The first-order chi connectivity index (χ1) is 11.1. The summed E-state index contributed by atoms with van der Waals surface area (Å²) in [4.78, 5) is 18.7. The number of amides is 1. The van der Waals surface area contributed by atoms with Crippen molar-refractivity contribution < 1.29 is 9.18 Å². The molecule has 1 aliphatic rings. The van der Waals surface area contributed by atoms with E-state index in [4.69, 9.17) is 0 Å². The van der Waals surface area contributed by atoms with Gasteiger partial charge in [0, 0.05) is 31.7 Å². The standard InChI is InChI=1S/C17H19FN4O/c1-12-10-13(2-4-15(12)18)17(23)21-16-5-3-14(11-20-16)22-8-6-19-7-9-22/h2-5,10-11,19H,6-9H2,1H3,(H,20,21,23). The first kappa shape index (κ1) is 15.4. The third kappa shape index (κ3) is 3.65. The lowest BCUT2D eigenvalue weighted by Gasteiger charge is -2.29. The largest absolute Gasteiger partial charge is 0.368 e. The number of aryl methyl sites for hydroxylation is 1. The van der Waals surface area contributed by atoms with E-state index in [0.29, 0.717) is 16.9 Å². The van der Waals surface area contributed by atoms with Crippen LogP contribution < -0.4 is 15.5 Å². The van der Waals surface area contributed by atoms with Crippen LogP contribution in [0, 0.1) is 12.7 Å². The minimum absolute atomic E-state index is 0.296. The Bertz CT molecular complexity index is 696. The Morgan fingerprint density at radius 1 is 1.26 bits per heavy atom. The van der Waals surface area contributed by atoms with Crippen molar-refractivity contribution in [1.29, 1.82) is 0 Å². The zero-order chi connectivity index (χ0) is 16.2. The van der Waals surface area contributed by atoms with Crippen LogP contribution in [0.5, 0.6) is 0 Å². The van der Waals surface area contributed by atoms with Crippen molar-refractivity contribution in [2.45, 2.75) is 6.92 Å². The molecule has 5 nitrogen and oxygen atoms in total. The second kappa shape index (κ2) is 6.75. The van der Waals surface area contributed by atoms with Gasteiger partial charge in [0.2, 0.25) is 0 Å². The van der Waals surface area contributed by atoms with Gasteiger partial charge in [-0.3, -0.25) is 4.79 Å². The molecule has 0 atom stereocenters. The topological polar surface area (TPSA) is 57.3 Å². The molecule has 0 bridgehead atoms. The van der Waals surface area contributed by atoms with E-state index in [1.807, 2.05) is 6.07 Å². The number of hydrogen-bond donors (Lipinski definition) is 2. The number of halogens is 1. The molecule has 1 aromatic carbocycles. The number of carbonyl (C=O) groups excluding carboxylic acids is 1. The zero-order valence-electron chi connectivity index (χ0n) is 13.0. The minimum atomic E-state index is -0.319. The lowest BCUT2D eigenvalue weighted by molar-refractivity contribution is 0.102. The Kier molecular flexibility index (Phi) is 4.52. The van der Waals surface area contributed by atoms with Crippen LogP contribution in [0.4, 0.5) is 15.9 Å². The van der Waals surface area contributed by atoms with E-state index in [2.05, 4.69) is 20.5 Å². The van der Waals surface area contributed by atoms with Crippen LogP contribution in [0.3, 0.4) is 0 Å². The number of pyridine rings is 1. The number of aromatic nitrogens is 1. The molecule has 0 spiro atoms. The Balaban J connectivity index is 1.67. The summed E-state index contributed by atoms with van der Waals surface area (Å²) in [6, 6.07) is 8.02. The second-order valence-electron chi connectivity index (χ2n) is 5.56. The summed E-state index contributed by atoms with van der Waals surface area (Å²) in [6.45, 7) is 5.45. The van der Waals surface area contributed by atoms with Crippen molar-refractivity contribution in [2.24, 2.45) is 0 Å². The van der Waals surface area contributed by atoms with Gasteiger partial charge in [-0.2, -0.15) is 0 Å². The van der Waals surface area contributed by atoms with Crippen molar-refractivity contribution in [1.82, 2.24) is 10.3 Å². The Morgan fingerprint density at radius 3 is 2.70 bits per heavy atom. The molecule has 0 unspecified atom stereocenters. The molecule has 1 fully saturated rings. The van der Waals surface area contributed by atoms with Crippen LogP contribution in [0.1, 0.15) is 15.9 Å². The third-order valence-corrected chi connectivity index (χ3v) is 3.89. The van der Waals surface area contributed by atoms with E-state index in [0.717, 1.165) is 31.9 Å². The lowest BCUT2D eigenvalue weighted by Crippen LogP contribution is -2.43. The van der Waals surface area contributed by atoms with Crippen molar-refractivity contribution in [3.63, 3.8) is 0 Å². The van der Waals surface area contributed by atoms with Crippen LogP contribution in [0.15, 0.2) is 36.5 Å². The molecule has 1 amide bonds. The van der Waals surface area contributed by atoms with Crippen LogP contribution in [-0.4, -0.2) is 37.1 Å². The van der Waals surface area contributed by atoms with Crippen LogP contribution in [0.2, 0.25) is 0 Å². The highest BCUT2D eigenvalue weighted by Gasteiger charge is 2.12. The fourth-order valence-electron chi connectivity index (χ4n) is 2.54. The molecule has 6 heteroatoms. The monoisotopic (exact) mass is 314 g/mol. The van der Waals surface area contributed by atoms with Gasteiger partial charge in [-0.25, -0.2) is 9.37 Å². The normalized spacial score (nSPS) is 14.6. The van der Waals surface area contributed by atoms with Crippen molar-refractivity contribution >= 4 is 17.4 Å². The van der Waals surface area contributed by atoms with Gasteiger partial charge in [0.05, 0.1) is 11.9 Å². The summed E-state index contributed by atoms with van der Waals surface area (Å²) in [5, 5.41) is 6.03. The molecular weight excluding hydrogens is 295 g/mol. The van der Waals surface area contributed by atoms with E-state index >= 15 is 0 Å². The fraction of sp³-hybridized carbons (Fsp3) is 0.294. The summed E-state index contributed by atoms with van der Waals surface area (Å²) < 4.78 is 13.3. The highest BCUT2D eigenvalue weighted by Crippen LogP contribution is 2.16. The molecule has 0 saturated carbocycles. The first-order valence-electron chi connectivity index (χ1n) is 7.63. The number of benzene rings is 1. The maximum absolute atomic E-state index is 13.3. The van der Waals surface area contributed by atoms with Gasteiger partial charge in [0.1, 0.15) is 11.6 Å². The third-order valence-electron chi connectivity index (χ3n) is 3.89. The molecule has 1 saturated heterocycles. The molecule has 2 heterocycles. The van der Waals surface area contributed by atoms with Gasteiger partial charge in [-0.1, -0.05) is 0 Å². The number of hydrogen-bond acceptors (Lipinski definition) is 4. The SMILES string of the molecule is Cc1cc(C(=O)Nc2ccc(N3CCNCC3)cn2)ccc1F. The molecular formula is C17H19FN4O. The average Bonchev–Trinajstić information content (AvgIpc) is 2.59. The van der Waals surface area contributed by atoms with Gasteiger partial charge in [-0.15, -0.1) is 0 Å². The number of carbonyl (C=O) groups is 1. The van der Waals surface area contributed by atoms with Gasteiger partial charge in [0.15, 0.2) is 0 Å². The highest BCUT2D eigenvalue weighted by molar-refractivity contribution is 6.03. The van der Waals surface area contributed by atoms with Crippen molar-refractivity contribution in [3.8, 4) is 0 Å². The molecule has 3 rings (SSSR count). The summed E-state index contributed by atoms with van der Waals surface area (Å²) in [7, 11) is 0. The van der Waals surface area contributed by atoms with Gasteiger partial charge >= 0.3 is 0 Å². The predicted octanol–water partition coefficient (Wildman–Crippen LogP) is 2.19. The molecule has 1 aliphatic heterocycles. The molecule has 2 N–H and O–H groups in total. The maximum Gasteiger partial charge on any atom is 0.256 e. The number of rotatable bonds is 3. The van der Waals surface area contributed by atoms with Crippen molar-refractivity contribution in [2.75, 3.05) is 36.4 Å². The quantitative estimate of drug-likeness (QED) is 0.912. The van der Waals surface area contributed by atoms with Crippen LogP contribution in [-0.2, 0) is 0 Å². The van der Waals surface area contributed by atoms with E-state index in [1.165, 1.54) is 18.2 Å². The zero-order valence-corrected chi connectivity index (χ0v) is 13.0. The smallest absolute Gasteiger partial charge is 0.256 e. The molecule has 0 radical (unpaired) electrons. The molecule has 1 aromatic heterocycles. The van der Waals surface area contributed by atoms with Gasteiger partial charge in [-0.05, 0) is 42.8 Å². The van der Waals surface area contributed by atoms with E-state index in [1.54, 1.807) is 19.2 Å². The van der Waals surface area contributed by atoms with Gasteiger partial charge in [0.25, 0.3) is 5.91 Å². The summed E-state index contributed by atoms with van der Waals surface area (Å²) in [5.74, 6) is -0.133. The molecule has 0 aliphatic carbocycles. The predicted molar refractivity (Wildman–Crippen MR) is 88.4 cm³/mol. The summed E-state index contributed by atoms with van der Waals surface area (Å²) in [6.07, 6.45) is 1.76. The van der Waals surface area contributed by atoms with Crippen LogP contribution >= 0.6 is 0 Å². The maximum atomic E-state index is 13.3. The number of anilines is 2. The first-order valence-corrected chi connectivity index (χ1v) is 7.63. The molecule has 23 heavy (non-hydrogen) atoms. The number of piperazine rings is 1. The van der Waals surface area contributed by atoms with Crippen molar-refractivity contribution in [3.05, 3.63) is 53.5 Å². The summed E-state index contributed by atoms with van der Waals surface area (Å²) in [5.41, 5.74) is 1.90. The minimum Gasteiger partial charge on any atom is -0.368 e. The Labute approximate surface area is 134 Å².